The minimum Gasteiger partial charge on any atom is -0.440 e. The van der Waals surface area contributed by atoms with Crippen molar-refractivity contribution in [1.29, 1.82) is 0 Å². The maximum atomic E-state index is 12.2. The number of pyridine rings is 1. The number of para-hydroxylation sites is 1. The molecule has 3 aromatic rings. The lowest BCUT2D eigenvalue weighted by molar-refractivity contribution is -0.114. The zero-order valence-corrected chi connectivity index (χ0v) is 11.6. The van der Waals surface area contributed by atoms with Gasteiger partial charge in [-0.3, -0.25) is 14.7 Å². The number of carbonyl (C=O) groups excluding carboxylic acids is 1. The van der Waals surface area contributed by atoms with Gasteiger partial charge in [0.1, 0.15) is 5.58 Å². The number of fused-ring (bicyclic) bond motifs is 1. The number of anilines is 1. The molecule has 0 saturated heterocycles. The number of hydrogen-bond acceptors (Lipinski definition) is 3. The monoisotopic (exact) mass is 278 g/mol. The molecule has 1 aromatic carbocycles. The Labute approximate surface area is 122 Å². The van der Waals surface area contributed by atoms with Crippen LogP contribution in [0.5, 0.6) is 0 Å². The highest BCUT2D eigenvalue weighted by molar-refractivity contribution is 6.03. The number of furan rings is 1. The van der Waals surface area contributed by atoms with Crippen LogP contribution in [0.15, 0.2) is 65.4 Å². The van der Waals surface area contributed by atoms with E-state index in [1.54, 1.807) is 25.5 Å². The van der Waals surface area contributed by atoms with Crippen molar-refractivity contribution in [2.75, 3.05) is 11.9 Å². The number of nitrogens with zero attached hydrogens (tertiary/aromatic N) is 2. The fourth-order valence-electron chi connectivity index (χ4n) is 2.00. The maximum Gasteiger partial charge on any atom is 0.253 e. The van der Waals surface area contributed by atoms with Gasteiger partial charge in [0.15, 0.2) is 0 Å². The highest BCUT2D eigenvalue weighted by atomic mass is 16.4. The summed E-state index contributed by atoms with van der Waals surface area (Å²) < 4.78 is 5.66. The lowest BCUT2D eigenvalue weighted by atomic mass is 10.2. The topological polar surface area (TPSA) is 46.3 Å². The van der Waals surface area contributed by atoms with Crippen LogP contribution in [0, 0.1) is 0 Å². The summed E-state index contributed by atoms with van der Waals surface area (Å²) in [5, 5.41) is 0.975. The number of amides is 1. The molecular formula is C17H14N2O2. The van der Waals surface area contributed by atoms with Crippen molar-refractivity contribution >= 4 is 28.8 Å². The molecule has 0 unspecified atom stereocenters. The molecule has 1 amide bonds. The van der Waals surface area contributed by atoms with E-state index in [4.69, 9.17) is 4.42 Å². The van der Waals surface area contributed by atoms with Gasteiger partial charge in [0.2, 0.25) is 5.88 Å². The zero-order chi connectivity index (χ0) is 14.7. The van der Waals surface area contributed by atoms with Crippen molar-refractivity contribution in [3.8, 4) is 0 Å². The average molecular weight is 278 g/mol. The molecule has 0 spiro atoms. The third-order valence-electron chi connectivity index (χ3n) is 3.18. The number of rotatable bonds is 3. The number of likely N-dealkylation sites (N-methyl/N-ethyl adjacent to an activating group) is 1. The molecule has 0 atom stereocenters. The SMILES string of the molecule is CN(C(=O)C=Cc1cccnc1)c1cc2ccccc2o1. The smallest absolute Gasteiger partial charge is 0.253 e. The van der Waals surface area contributed by atoms with Crippen LogP contribution < -0.4 is 4.90 Å². The van der Waals surface area contributed by atoms with Gasteiger partial charge in [0, 0.05) is 37.0 Å². The summed E-state index contributed by atoms with van der Waals surface area (Å²) >= 11 is 0. The Morgan fingerprint density at radius 1 is 1.24 bits per heavy atom. The van der Waals surface area contributed by atoms with Crippen LogP contribution >= 0.6 is 0 Å². The molecule has 0 fully saturated rings. The lowest BCUT2D eigenvalue weighted by Crippen LogP contribution is -2.23. The molecule has 0 radical (unpaired) electrons. The van der Waals surface area contributed by atoms with Gasteiger partial charge in [0.05, 0.1) is 0 Å². The Kier molecular flexibility index (Phi) is 3.51. The maximum absolute atomic E-state index is 12.2. The standard InChI is InChI=1S/C17H14N2O2/c1-19(16(20)9-8-13-5-4-10-18-12-13)17-11-14-6-2-3-7-15(14)21-17/h2-12H,1H3. The summed E-state index contributed by atoms with van der Waals surface area (Å²) in [6.45, 7) is 0. The zero-order valence-electron chi connectivity index (χ0n) is 11.6. The molecule has 4 heteroatoms. The van der Waals surface area contributed by atoms with Gasteiger partial charge in [-0.2, -0.15) is 0 Å². The number of hydrogen-bond donors (Lipinski definition) is 0. The molecule has 104 valence electrons. The summed E-state index contributed by atoms with van der Waals surface area (Å²) in [5.74, 6) is 0.370. The van der Waals surface area contributed by atoms with Gasteiger partial charge >= 0.3 is 0 Å². The van der Waals surface area contributed by atoms with Crippen LogP contribution in [0.2, 0.25) is 0 Å². The minimum atomic E-state index is -0.155. The highest BCUT2D eigenvalue weighted by Gasteiger charge is 2.12. The first kappa shape index (κ1) is 13.1. The third-order valence-corrected chi connectivity index (χ3v) is 3.18. The Bertz CT molecular complexity index is 758. The molecule has 0 aliphatic carbocycles. The quantitative estimate of drug-likeness (QED) is 0.689. The van der Waals surface area contributed by atoms with Crippen molar-refractivity contribution in [1.82, 2.24) is 4.98 Å². The van der Waals surface area contributed by atoms with E-state index in [1.807, 2.05) is 42.5 Å². The summed E-state index contributed by atoms with van der Waals surface area (Å²) in [5.41, 5.74) is 1.65. The molecular weight excluding hydrogens is 264 g/mol. The number of benzene rings is 1. The fraction of sp³-hybridized carbons (Fsp3) is 0.0588. The van der Waals surface area contributed by atoms with E-state index in [-0.39, 0.29) is 5.91 Å². The van der Waals surface area contributed by atoms with Crippen molar-refractivity contribution in [3.05, 3.63) is 66.5 Å². The molecule has 2 aromatic heterocycles. The predicted octanol–water partition coefficient (Wildman–Crippen LogP) is 3.50. The van der Waals surface area contributed by atoms with Gasteiger partial charge in [0.25, 0.3) is 5.91 Å². The van der Waals surface area contributed by atoms with E-state index in [2.05, 4.69) is 4.98 Å². The Hall–Kier alpha value is -2.88. The molecule has 3 rings (SSSR count). The summed E-state index contributed by atoms with van der Waals surface area (Å²) in [6, 6.07) is 13.2. The van der Waals surface area contributed by atoms with Crippen LogP contribution in [0.1, 0.15) is 5.56 Å². The molecule has 0 bridgehead atoms. The van der Waals surface area contributed by atoms with Gasteiger partial charge in [-0.05, 0) is 23.8 Å². The first-order valence-electron chi connectivity index (χ1n) is 6.58. The second kappa shape index (κ2) is 5.63. The van der Waals surface area contributed by atoms with Gasteiger partial charge < -0.3 is 4.42 Å². The van der Waals surface area contributed by atoms with E-state index in [0.29, 0.717) is 5.88 Å². The molecule has 4 nitrogen and oxygen atoms in total. The third kappa shape index (κ3) is 2.84. The normalized spacial score (nSPS) is 11.1. The van der Waals surface area contributed by atoms with Crippen molar-refractivity contribution in [3.63, 3.8) is 0 Å². The summed E-state index contributed by atoms with van der Waals surface area (Å²) in [7, 11) is 1.69. The second-order valence-corrected chi connectivity index (χ2v) is 4.64. The lowest BCUT2D eigenvalue weighted by Gasteiger charge is -2.10. The van der Waals surface area contributed by atoms with Crippen LogP contribution in [0.25, 0.3) is 17.0 Å². The van der Waals surface area contributed by atoms with E-state index < -0.39 is 0 Å². The van der Waals surface area contributed by atoms with Crippen LogP contribution in [0.3, 0.4) is 0 Å². The van der Waals surface area contributed by atoms with Crippen molar-refractivity contribution < 1.29 is 9.21 Å². The summed E-state index contributed by atoms with van der Waals surface area (Å²) in [4.78, 5) is 17.6. The molecule has 0 N–H and O–H groups in total. The largest absolute Gasteiger partial charge is 0.440 e. The predicted molar refractivity (Wildman–Crippen MR) is 82.9 cm³/mol. The summed E-state index contributed by atoms with van der Waals surface area (Å²) in [6.07, 6.45) is 6.63. The van der Waals surface area contributed by atoms with Crippen LogP contribution in [-0.4, -0.2) is 17.9 Å². The van der Waals surface area contributed by atoms with Gasteiger partial charge in [-0.25, -0.2) is 0 Å². The number of carbonyl (C=O) groups is 1. The van der Waals surface area contributed by atoms with Crippen molar-refractivity contribution in [2.45, 2.75) is 0 Å². The fourth-order valence-corrected chi connectivity index (χ4v) is 2.00. The first-order chi connectivity index (χ1) is 10.2. The van der Waals surface area contributed by atoms with E-state index >= 15 is 0 Å². The molecule has 0 aliphatic heterocycles. The molecule has 21 heavy (non-hydrogen) atoms. The Balaban J connectivity index is 1.79. The van der Waals surface area contributed by atoms with Crippen LogP contribution in [-0.2, 0) is 4.79 Å². The van der Waals surface area contributed by atoms with E-state index in [9.17, 15) is 4.79 Å². The minimum absolute atomic E-state index is 0.155. The highest BCUT2D eigenvalue weighted by Crippen LogP contribution is 2.25. The Morgan fingerprint density at radius 3 is 2.86 bits per heavy atom. The molecule has 2 heterocycles. The molecule has 0 saturated carbocycles. The van der Waals surface area contributed by atoms with Gasteiger partial charge in [-0.1, -0.05) is 24.3 Å². The second-order valence-electron chi connectivity index (χ2n) is 4.64. The van der Waals surface area contributed by atoms with E-state index in [0.717, 1.165) is 16.5 Å². The van der Waals surface area contributed by atoms with Crippen LogP contribution in [0.4, 0.5) is 5.88 Å². The average Bonchev–Trinajstić information content (AvgIpc) is 2.97. The van der Waals surface area contributed by atoms with E-state index in [1.165, 1.54) is 11.0 Å². The molecule has 0 aliphatic rings. The van der Waals surface area contributed by atoms with Gasteiger partial charge in [-0.15, -0.1) is 0 Å². The first-order valence-corrected chi connectivity index (χ1v) is 6.58. The Morgan fingerprint density at radius 2 is 2.10 bits per heavy atom. The van der Waals surface area contributed by atoms with Crippen molar-refractivity contribution in [2.24, 2.45) is 0 Å². The number of aromatic nitrogens is 1.